The van der Waals surface area contributed by atoms with E-state index in [-0.39, 0.29) is 0 Å². The minimum atomic E-state index is -0.597. The van der Waals surface area contributed by atoms with Gasteiger partial charge in [0.25, 0.3) is 0 Å². The third-order valence-corrected chi connectivity index (χ3v) is 4.90. The highest BCUT2D eigenvalue weighted by Gasteiger charge is 2.25. The van der Waals surface area contributed by atoms with Crippen LogP contribution < -0.4 is 5.32 Å². The van der Waals surface area contributed by atoms with Gasteiger partial charge in [-0.25, -0.2) is 0 Å². The van der Waals surface area contributed by atoms with E-state index in [1.807, 2.05) is 31.2 Å². The zero-order valence-electron chi connectivity index (χ0n) is 12.8. The molecule has 1 aliphatic heterocycles. The van der Waals surface area contributed by atoms with Crippen LogP contribution in [0.5, 0.6) is 0 Å². The van der Waals surface area contributed by atoms with E-state index < -0.39 is 11.8 Å². The molecule has 0 aromatic heterocycles. The second kappa shape index (κ2) is 6.54. The van der Waals surface area contributed by atoms with Crippen LogP contribution in [0.25, 0.3) is 0 Å². The first-order chi connectivity index (χ1) is 11.0. The Morgan fingerprint density at radius 2 is 1.87 bits per heavy atom. The number of carbonyl (C=O) groups excluding carboxylic acids is 2. The van der Waals surface area contributed by atoms with Crippen molar-refractivity contribution >= 4 is 33.4 Å². The van der Waals surface area contributed by atoms with Gasteiger partial charge in [0.1, 0.15) is 0 Å². The van der Waals surface area contributed by atoms with Crippen LogP contribution in [0.15, 0.2) is 46.9 Å². The van der Waals surface area contributed by atoms with E-state index in [1.54, 1.807) is 17.0 Å². The average molecular weight is 373 g/mol. The molecule has 0 radical (unpaired) electrons. The molecule has 2 amide bonds. The number of halogens is 1. The van der Waals surface area contributed by atoms with E-state index in [2.05, 4.69) is 27.3 Å². The number of carbonyl (C=O) groups is 2. The molecule has 3 rings (SSSR count). The summed E-state index contributed by atoms with van der Waals surface area (Å²) in [6.45, 7) is 3.02. The van der Waals surface area contributed by atoms with Crippen molar-refractivity contribution < 1.29 is 9.59 Å². The van der Waals surface area contributed by atoms with Gasteiger partial charge in [0.2, 0.25) is 0 Å². The Labute approximate surface area is 143 Å². The Bertz CT molecular complexity index is 773. The summed E-state index contributed by atoms with van der Waals surface area (Å²) in [6.07, 6.45) is 0.783. The molecule has 5 heteroatoms. The molecule has 0 saturated heterocycles. The van der Waals surface area contributed by atoms with Crippen LogP contribution in [0.1, 0.15) is 16.7 Å². The molecule has 4 nitrogen and oxygen atoms in total. The van der Waals surface area contributed by atoms with E-state index in [0.717, 1.165) is 22.0 Å². The van der Waals surface area contributed by atoms with Crippen LogP contribution in [0.2, 0.25) is 0 Å². The largest absolute Gasteiger partial charge is 0.330 e. The summed E-state index contributed by atoms with van der Waals surface area (Å²) in [7, 11) is 0. The van der Waals surface area contributed by atoms with Crippen LogP contribution >= 0.6 is 15.9 Å². The Kier molecular flexibility index (Phi) is 4.48. The number of amides is 2. The van der Waals surface area contributed by atoms with Gasteiger partial charge in [-0.2, -0.15) is 0 Å². The Hall–Kier alpha value is -2.14. The molecule has 0 unspecified atom stereocenters. The maximum atomic E-state index is 12.4. The molecular weight excluding hydrogens is 356 g/mol. The number of fused-ring (bicyclic) bond motifs is 1. The summed E-state index contributed by atoms with van der Waals surface area (Å²) in [6, 6.07) is 13.5. The summed E-state index contributed by atoms with van der Waals surface area (Å²) in [5.74, 6) is -1.09. The maximum Gasteiger partial charge on any atom is 0.313 e. The number of benzene rings is 2. The van der Waals surface area contributed by atoms with Crippen molar-refractivity contribution in [1.82, 2.24) is 4.90 Å². The number of aryl methyl sites for hydroxylation is 1. The van der Waals surface area contributed by atoms with Gasteiger partial charge in [-0.05, 0) is 42.2 Å². The normalized spacial score (nSPS) is 13.4. The average Bonchev–Trinajstić information content (AvgIpc) is 2.57. The fraction of sp³-hybridized carbons (Fsp3) is 0.222. The van der Waals surface area contributed by atoms with Gasteiger partial charge < -0.3 is 10.2 Å². The second-order valence-electron chi connectivity index (χ2n) is 5.66. The van der Waals surface area contributed by atoms with Gasteiger partial charge in [-0.3, -0.25) is 9.59 Å². The van der Waals surface area contributed by atoms with Gasteiger partial charge in [-0.1, -0.05) is 46.3 Å². The van der Waals surface area contributed by atoms with Crippen molar-refractivity contribution in [3.05, 3.63) is 63.6 Å². The van der Waals surface area contributed by atoms with Crippen molar-refractivity contribution in [2.24, 2.45) is 0 Å². The minimum absolute atomic E-state index is 0.486. The highest BCUT2D eigenvalue weighted by Crippen LogP contribution is 2.21. The highest BCUT2D eigenvalue weighted by molar-refractivity contribution is 9.10. The van der Waals surface area contributed by atoms with Crippen molar-refractivity contribution in [2.45, 2.75) is 19.9 Å². The third-order valence-electron chi connectivity index (χ3n) is 4.04. The van der Waals surface area contributed by atoms with E-state index in [1.165, 1.54) is 5.56 Å². The molecule has 0 bridgehead atoms. The van der Waals surface area contributed by atoms with Crippen LogP contribution in [0.3, 0.4) is 0 Å². The topological polar surface area (TPSA) is 49.4 Å². The summed E-state index contributed by atoms with van der Waals surface area (Å²) < 4.78 is 0.898. The standard InChI is InChI=1S/C18H17BrN2O2/c1-12-6-7-15(10-16(12)19)20-17(22)18(23)21-9-8-13-4-2-3-5-14(13)11-21/h2-7,10H,8-9,11H2,1H3,(H,20,22). The van der Waals surface area contributed by atoms with E-state index in [0.29, 0.717) is 18.8 Å². The van der Waals surface area contributed by atoms with E-state index in [9.17, 15) is 9.59 Å². The van der Waals surface area contributed by atoms with Crippen LogP contribution in [-0.4, -0.2) is 23.3 Å². The summed E-state index contributed by atoms with van der Waals surface area (Å²) in [5.41, 5.74) is 4.04. The lowest BCUT2D eigenvalue weighted by Crippen LogP contribution is -2.42. The predicted octanol–water partition coefficient (Wildman–Crippen LogP) is 3.28. The molecule has 0 spiro atoms. The lowest BCUT2D eigenvalue weighted by Gasteiger charge is -2.28. The van der Waals surface area contributed by atoms with Gasteiger partial charge in [0.05, 0.1) is 0 Å². The molecule has 0 atom stereocenters. The second-order valence-corrected chi connectivity index (χ2v) is 6.52. The minimum Gasteiger partial charge on any atom is -0.330 e. The van der Waals surface area contributed by atoms with Crippen LogP contribution in [-0.2, 0) is 22.6 Å². The van der Waals surface area contributed by atoms with Gasteiger partial charge in [0.15, 0.2) is 0 Å². The van der Waals surface area contributed by atoms with Crippen molar-refractivity contribution in [2.75, 3.05) is 11.9 Å². The first-order valence-corrected chi connectivity index (χ1v) is 8.27. The molecule has 2 aromatic rings. The van der Waals surface area contributed by atoms with Crippen LogP contribution in [0.4, 0.5) is 5.69 Å². The SMILES string of the molecule is Cc1ccc(NC(=O)C(=O)N2CCc3ccccc3C2)cc1Br. The molecule has 0 aliphatic carbocycles. The lowest BCUT2D eigenvalue weighted by molar-refractivity contribution is -0.143. The zero-order chi connectivity index (χ0) is 16.4. The van der Waals surface area contributed by atoms with E-state index >= 15 is 0 Å². The fourth-order valence-electron chi connectivity index (χ4n) is 2.67. The summed E-state index contributed by atoms with van der Waals surface area (Å²) in [5, 5.41) is 2.67. The molecule has 2 aromatic carbocycles. The molecule has 0 fully saturated rings. The predicted molar refractivity (Wildman–Crippen MR) is 93.1 cm³/mol. The Balaban J connectivity index is 1.68. The molecule has 1 heterocycles. The molecule has 0 saturated carbocycles. The van der Waals surface area contributed by atoms with Gasteiger partial charge in [0, 0.05) is 23.2 Å². The molecular formula is C18H17BrN2O2. The quantitative estimate of drug-likeness (QED) is 0.780. The molecule has 1 N–H and O–H groups in total. The smallest absolute Gasteiger partial charge is 0.313 e. The molecule has 23 heavy (non-hydrogen) atoms. The number of nitrogens with one attached hydrogen (secondary N) is 1. The monoisotopic (exact) mass is 372 g/mol. The molecule has 1 aliphatic rings. The van der Waals surface area contributed by atoms with Gasteiger partial charge >= 0.3 is 11.8 Å². The number of anilines is 1. The molecule has 118 valence electrons. The number of rotatable bonds is 1. The Morgan fingerprint density at radius 1 is 1.13 bits per heavy atom. The van der Waals surface area contributed by atoms with Crippen LogP contribution in [0, 0.1) is 6.92 Å². The first-order valence-electron chi connectivity index (χ1n) is 7.48. The number of nitrogens with zero attached hydrogens (tertiary/aromatic N) is 1. The third kappa shape index (κ3) is 3.45. The summed E-state index contributed by atoms with van der Waals surface area (Å²) >= 11 is 3.42. The van der Waals surface area contributed by atoms with E-state index in [4.69, 9.17) is 0 Å². The van der Waals surface area contributed by atoms with Crippen molar-refractivity contribution in [1.29, 1.82) is 0 Å². The number of hydrogen-bond donors (Lipinski definition) is 1. The lowest BCUT2D eigenvalue weighted by atomic mass is 10.00. The van der Waals surface area contributed by atoms with Crippen molar-refractivity contribution in [3.8, 4) is 0 Å². The highest BCUT2D eigenvalue weighted by atomic mass is 79.9. The maximum absolute atomic E-state index is 12.4. The number of hydrogen-bond acceptors (Lipinski definition) is 2. The first kappa shape index (κ1) is 15.7. The van der Waals surface area contributed by atoms with Crippen molar-refractivity contribution in [3.63, 3.8) is 0 Å². The fourth-order valence-corrected chi connectivity index (χ4v) is 3.05. The summed E-state index contributed by atoms with van der Waals surface area (Å²) in [4.78, 5) is 26.2. The van der Waals surface area contributed by atoms with Gasteiger partial charge in [-0.15, -0.1) is 0 Å². The zero-order valence-corrected chi connectivity index (χ0v) is 14.4. The Morgan fingerprint density at radius 3 is 2.61 bits per heavy atom.